The zero-order valence-corrected chi connectivity index (χ0v) is 13.9. The van der Waals surface area contributed by atoms with Crippen molar-refractivity contribution in [2.45, 2.75) is 0 Å². The third kappa shape index (κ3) is 3.59. The molecule has 1 aliphatic heterocycles. The maximum Gasteiger partial charge on any atom is 0.259 e. The molecular formula is C20H17N3O3. The summed E-state index contributed by atoms with van der Waals surface area (Å²) < 4.78 is 10.6. The van der Waals surface area contributed by atoms with E-state index in [1.165, 1.54) is 0 Å². The molecule has 3 aromatic carbocycles. The van der Waals surface area contributed by atoms with Crippen LogP contribution in [0.2, 0.25) is 0 Å². The molecule has 3 aromatic rings. The third-order valence-corrected chi connectivity index (χ3v) is 4.00. The molecule has 0 atom stereocenters. The quantitative estimate of drug-likeness (QED) is 0.549. The van der Waals surface area contributed by atoms with Gasteiger partial charge in [-0.3, -0.25) is 4.79 Å². The summed E-state index contributed by atoms with van der Waals surface area (Å²) in [5.41, 5.74) is 4.21. The summed E-state index contributed by atoms with van der Waals surface area (Å²) in [6, 6.07) is 19.5. The van der Waals surface area contributed by atoms with Crippen molar-refractivity contribution in [1.82, 2.24) is 5.43 Å². The number of benzene rings is 3. The first-order valence-corrected chi connectivity index (χ1v) is 8.22. The van der Waals surface area contributed by atoms with Gasteiger partial charge >= 0.3 is 0 Å². The Bertz CT molecular complexity index is 985. The van der Waals surface area contributed by atoms with Gasteiger partial charge in [0.1, 0.15) is 0 Å². The highest BCUT2D eigenvalue weighted by atomic mass is 16.7. The number of ether oxygens (including phenoxy) is 2. The Morgan fingerprint density at radius 2 is 1.85 bits per heavy atom. The number of rotatable bonds is 5. The minimum absolute atomic E-state index is 0.136. The Balaban J connectivity index is 1.30. The molecule has 0 saturated carbocycles. The second-order valence-electron chi connectivity index (χ2n) is 5.82. The second kappa shape index (κ2) is 7.14. The lowest BCUT2D eigenvalue weighted by Crippen LogP contribution is -2.25. The van der Waals surface area contributed by atoms with Crippen LogP contribution in [0, 0.1) is 0 Å². The molecule has 0 radical (unpaired) electrons. The first kappa shape index (κ1) is 16.0. The van der Waals surface area contributed by atoms with Gasteiger partial charge in [-0.05, 0) is 46.7 Å². The van der Waals surface area contributed by atoms with Gasteiger partial charge < -0.3 is 14.8 Å². The molecule has 0 unspecified atom stereocenters. The van der Waals surface area contributed by atoms with Crippen LogP contribution in [0.5, 0.6) is 11.5 Å². The third-order valence-electron chi connectivity index (χ3n) is 4.00. The molecule has 1 amide bonds. The van der Waals surface area contributed by atoms with Crippen LogP contribution in [0.1, 0.15) is 5.56 Å². The molecule has 0 aliphatic carbocycles. The van der Waals surface area contributed by atoms with E-state index in [4.69, 9.17) is 9.47 Å². The van der Waals surface area contributed by atoms with Crippen LogP contribution in [0.15, 0.2) is 65.8 Å². The summed E-state index contributed by atoms with van der Waals surface area (Å²) in [6.07, 6.45) is 1.57. The summed E-state index contributed by atoms with van der Waals surface area (Å²) in [4.78, 5) is 11.9. The normalized spacial score (nSPS) is 12.5. The van der Waals surface area contributed by atoms with Crippen molar-refractivity contribution in [3.63, 3.8) is 0 Å². The smallest absolute Gasteiger partial charge is 0.259 e. The van der Waals surface area contributed by atoms with E-state index in [0.717, 1.165) is 22.0 Å². The van der Waals surface area contributed by atoms with Gasteiger partial charge in [-0.15, -0.1) is 0 Å². The summed E-state index contributed by atoms with van der Waals surface area (Å²) >= 11 is 0. The standard InChI is InChI=1S/C20H17N3O3/c24-20(12-21-17-7-6-15-3-1-2-4-16(15)10-17)23-22-11-14-5-8-18-19(9-14)26-13-25-18/h1-11,21H,12-13H2,(H,23,24)/b22-11-. The molecule has 4 rings (SSSR count). The minimum atomic E-state index is -0.227. The Labute approximate surface area is 150 Å². The van der Waals surface area contributed by atoms with Crippen molar-refractivity contribution < 1.29 is 14.3 Å². The molecule has 0 aromatic heterocycles. The highest BCUT2D eigenvalue weighted by molar-refractivity contribution is 5.87. The zero-order valence-electron chi connectivity index (χ0n) is 13.9. The number of anilines is 1. The monoisotopic (exact) mass is 347 g/mol. The first-order valence-electron chi connectivity index (χ1n) is 8.22. The number of hydrogen-bond donors (Lipinski definition) is 2. The molecule has 26 heavy (non-hydrogen) atoms. The largest absolute Gasteiger partial charge is 0.454 e. The van der Waals surface area contributed by atoms with Crippen LogP contribution in [-0.2, 0) is 4.79 Å². The average molecular weight is 347 g/mol. The van der Waals surface area contributed by atoms with E-state index in [1.807, 2.05) is 54.6 Å². The van der Waals surface area contributed by atoms with Gasteiger partial charge in [0.05, 0.1) is 12.8 Å². The van der Waals surface area contributed by atoms with Gasteiger partial charge in [-0.2, -0.15) is 5.10 Å². The lowest BCUT2D eigenvalue weighted by molar-refractivity contribution is -0.119. The first-order chi connectivity index (χ1) is 12.8. The Morgan fingerprint density at radius 3 is 2.77 bits per heavy atom. The lowest BCUT2D eigenvalue weighted by atomic mass is 10.1. The van der Waals surface area contributed by atoms with Crippen molar-refractivity contribution in [3.05, 3.63) is 66.2 Å². The van der Waals surface area contributed by atoms with E-state index in [0.29, 0.717) is 11.5 Å². The van der Waals surface area contributed by atoms with Crippen molar-refractivity contribution in [2.75, 3.05) is 18.7 Å². The lowest BCUT2D eigenvalue weighted by Gasteiger charge is -2.06. The van der Waals surface area contributed by atoms with Crippen molar-refractivity contribution >= 4 is 28.6 Å². The number of carbonyl (C=O) groups is 1. The molecule has 1 heterocycles. The van der Waals surface area contributed by atoms with Gasteiger partial charge in [0, 0.05) is 5.69 Å². The molecule has 0 spiro atoms. The molecule has 130 valence electrons. The summed E-state index contributed by atoms with van der Waals surface area (Å²) in [6.45, 7) is 0.365. The molecule has 0 fully saturated rings. The fourth-order valence-corrected chi connectivity index (χ4v) is 2.69. The zero-order chi connectivity index (χ0) is 17.8. The Morgan fingerprint density at radius 1 is 1.00 bits per heavy atom. The highest BCUT2D eigenvalue weighted by Crippen LogP contribution is 2.31. The van der Waals surface area contributed by atoms with Crippen LogP contribution >= 0.6 is 0 Å². The fourth-order valence-electron chi connectivity index (χ4n) is 2.69. The average Bonchev–Trinajstić information content (AvgIpc) is 3.14. The van der Waals surface area contributed by atoms with Gasteiger partial charge in [0.2, 0.25) is 6.79 Å². The minimum Gasteiger partial charge on any atom is -0.454 e. The van der Waals surface area contributed by atoms with Gasteiger partial charge in [0.25, 0.3) is 5.91 Å². The van der Waals surface area contributed by atoms with Crippen LogP contribution in [0.3, 0.4) is 0 Å². The second-order valence-corrected chi connectivity index (χ2v) is 5.82. The highest BCUT2D eigenvalue weighted by Gasteiger charge is 2.12. The van der Waals surface area contributed by atoms with Crippen molar-refractivity contribution in [2.24, 2.45) is 5.10 Å². The van der Waals surface area contributed by atoms with Gasteiger partial charge in [0.15, 0.2) is 11.5 Å². The maximum absolute atomic E-state index is 11.9. The van der Waals surface area contributed by atoms with E-state index in [-0.39, 0.29) is 19.2 Å². The van der Waals surface area contributed by atoms with E-state index >= 15 is 0 Å². The predicted molar refractivity (Wildman–Crippen MR) is 101 cm³/mol. The predicted octanol–water partition coefficient (Wildman–Crippen LogP) is 3.13. The number of nitrogens with one attached hydrogen (secondary N) is 2. The number of hydrazone groups is 1. The van der Waals surface area contributed by atoms with Crippen molar-refractivity contribution in [1.29, 1.82) is 0 Å². The number of nitrogens with zero attached hydrogens (tertiary/aromatic N) is 1. The molecule has 6 heteroatoms. The summed E-state index contributed by atoms with van der Waals surface area (Å²) in [7, 11) is 0. The molecule has 2 N–H and O–H groups in total. The van der Waals surface area contributed by atoms with Gasteiger partial charge in [-0.25, -0.2) is 5.43 Å². The molecule has 1 aliphatic rings. The fraction of sp³-hybridized carbons (Fsp3) is 0.100. The SMILES string of the molecule is O=C(CNc1ccc2ccccc2c1)N/N=C\c1ccc2c(c1)OCO2. The number of fused-ring (bicyclic) bond motifs is 2. The molecular weight excluding hydrogens is 330 g/mol. The maximum atomic E-state index is 11.9. The van der Waals surface area contributed by atoms with Crippen LogP contribution in [-0.4, -0.2) is 25.5 Å². The number of hydrogen-bond acceptors (Lipinski definition) is 5. The van der Waals surface area contributed by atoms with E-state index in [1.54, 1.807) is 6.21 Å². The summed E-state index contributed by atoms with van der Waals surface area (Å²) in [5, 5.41) is 9.35. The van der Waals surface area contributed by atoms with E-state index < -0.39 is 0 Å². The molecule has 0 saturated heterocycles. The van der Waals surface area contributed by atoms with Crippen LogP contribution in [0.4, 0.5) is 5.69 Å². The van der Waals surface area contributed by atoms with Crippen LogP contribution < -0.4 is 20.2 Å². The molecule has 0 bridgehead atoms. The Kier molecular flexibility index (Phi) is 4.38. The van der Waals surface area contributed by atoms with Crippen molar-refractivity contribution in [3.8, 4) is 11.5 Å². The van der Waals surface area contributed by atoms with Crippen LogP contribution in [0.25, 0.3) is 10.8 Å². The number of amides is 1. The number of carbonyl (C=O) groups excluding carboxylic acids is 1. The van der Waals surface area contributed by atoms with E-state index in [9.17, 15) is 4.79 Å². The van der Waals surface area contributed by atoms with E-state index in [2.05, 4.69) is 21.9 Å². The molecule has 6 nitrogen and oxygen atoms in total. The van der Waals surface area contributed by atoms with Gasteiger partial charge in [-0.1, -0.05) is 30.3 Å². The Hall–Kier alpha value is -3.54. The topological polar surface area (TPSA) is 72.0 Å². The summed E-state index contributed by atoms with van der Waals surface area (Å²) in [5.74, 6) is 1.17.